The van der Waals surface area contributed by atoms with Crippen LogP contribution in [0.2, 0.25) is 0 Å². The lowest BCUT2D eigenvalue weighted by Gasteiger charge is -2.06. The number of hydrogen-bond donors (Lipinski definition) is 1. The van der Waals surface area contributed by atoms with Gasteiger partial charge in [-0.3, -0.25) is 4.79 Å². The number of nitrogens with one attached hydrogen (secondary N) is 1. The third-order valence-corrected chi connectivity index (χ3v) is 3.59. The minimum atomic E-state index is -0.0704. The summed E-state index contributed by atoms with van der Waals surface area (Å²) in [5, 5.41) is 5.14. The maximum atomic E-state index is 12.2. The van der Waals surface area contributed by atoms with Gasteiger partial charge in [0.15, 0.2) is 0 Å². The molecular weight excluding hydrogens is 262 g/mol. The van der Waals surface area contributed by atoms with E-state index in [1.165, 1.54) is 0 Å². The van der Waals surface area contributed by atoms with Gasteiger partial charge in [0.1, 0.15) is 11.5 Å². The molecule has 0 aliphatic rings. The van der Waals surface area contributed by atoms with E-state index in [1.54, 1.807) is 0 Å². The second-order valence-electron chi connectivity index (χ2n) is 5.18. The van der Waals surface area contributed by atoms with E-state index in [9.17, 15) is 4.79 Å². The van der Waals surface area contributed by atoms with Gasteiger partial charge in [-0.1, -0.05) is 30.3 Å². The highest BCUT2D eigenvalue weighted by Crippen LogP contribution is 2.16. The summed E-state index contributed by atoms with van der Waals surface area (Å²) in [7, 11) is 0. The Kier molecular flexibility index (Phi) is 3.48. The molecule has 0 aliphatic heterocycles. The van der Waals surface area contributed by atoms with Crippen molar-refractivity contribution in [1.29, 1.82) is 0 Å². The van der Waals surface area contributed by atoms with E-state index in [0.717, 1.165) is 27.9 Å². The Morgan fingerprint density at radius 1 is 1.05 bits per heavy atom. The molecule has 3 heteroatoms. The van der Waals surface area contributed by atoms with Crippen LogP contribution in [0, 0.1) is 13.8 Å². The van der Waals surface area contributed by atoms with Crippen molar-refractivity contribution in [2.45, 2.75) is 20.4 Å². The fourth-order valence-electron chi connectivity index (χ4n) is 2.47. The van der Waals surface area contributed by atoms with E-state index < -0.39 is 0 Å². The second kappa shape index (κ2) is 5.44. The number of aryl methyl sites for hydroxylation is 2. The summed E-state index contributed by atoms with van der Waals surface area (Å²) in [6.07, 6.45) is 0. The number of carbonyl (C=O) groups is 1. The molecule has 2 aromatic carbocycles. The largest absolute Gasteiger partial charge is 0.466 e. The molecule has 106 valence electrons. The quantitative estimate of drug-likeness (QED) is 0.788. The van der Waals surface area contributed by atoms with Crippen molar-refractivity contribution >= 4 is 16.7 Å². The fourth-order valence-corrected chi connectivity index (χ4v) is 2.47. The molecule has 1 heterocycles. The van der Waals surface area contributed by atoms with Gasteiger partial charge >= 0.3 is 0 Å². The zero-order valence-corrected chi connectivity index (χ0v) is 12.1. The number of amides is 1. The van der Waals surface area contributed by atoms with Gasteiger partial charge in [0.2, 0.25) is 0 Å². The first kappa shape index (κ1) is 13.4. The third kappa shape index (κ3) is 2.82. The molecule has 0 saturated heterocycles. The van der Waals surface area contributed by atoms with Crippen molar-refractivity contribution < 1.29 is 9.21 Å². The lowest BCUT2D eigenvalue weighted by atomic mass is 10.1. The van der Waals surface area contributed by atoms with Crippen LogP contribution in [0.5, 0.6) is 0 Å². The molecule has 1 N–H and O–H groups in total. The summed E-state index contributed by atoms with van der Waals surface area (Å²) in [6, 6.07) is 15.7. The summed E-state index contributed by atoms with van der Waals surface area (Å²) in [5.41, 5.74) is 1.69. The molecular formula is C18H17NO2. The molecule has 0 unspecified atom stereocenters. The summed E-state index contributed by atoms with van der Waals surface area (Å²) < 4.78 is 5.46. The summed E-state index contributed by atoms with van der Waals surface area (Å²) >= 11 is 0. The Balaban J connectivity index is 1.76. The Bertz CT molecular complexity index is 802. The monoisotopic (exact) mass is 279 g/mol. The maximum absolute atomic E-state index is 12.2. The van der Waals surface area contributed by atoms with Crippen LogP contribution in [-0.2, 0) is 6.54 Å². The number of hydrogen-bond acceptors (Lipinski definition) is 2. The molecule has 0 aliphatic carbocycles. The number of rotatable bonds is 3. The molecule has 0 fully saturated rings. The van der Waals surface area contributed by atoms with Crippen LogP contribution in [0.15, 0.2) is 52.9 Å². The Hall–Kier alpha value is -2.55. The molecule has 0 saturated carbocycles. The smallest absolute Gasteiger partial charge is 0.251 e. The summed E-state index contributed by atoms with van der Waals surface area (Å²) in [5.74, 6) is 1.65. The first-order valence-corrected chi connectivity index (χ1v) is 6.96. The SMILES string of the molecule is Cc1cc(CNC(=O)c2ccc3ccccc3c2)c(C)o1. The normalized spacial score (nSPS) is 10.8. The maximum Gasteiger partial charge on any atom is 0.251 e. The topological polar surface area (TPSA) is 42.2 Å². The van der Waals surface area contributed by atoms with Crippen LogP contribution in [0.4, 0.5) is 0 Å². The molecule has 0 atom stereocenters. The standard InChI is InChI=1S/C18H17NO2/c1-12-9-17(13(2)21-12)11-19-18(20)16-8-7-14-5-3-4-6-15(14)10-16/h3-10H,11H2,1-2H3,(H,19,20). The minimum absolute atomic E-state index is 0.0704. The molecule has 3 rings (SSSR count). The predicted molar refractivity (Wildman–Crippen MR) is 83.3 cm³/mol. The fraction of sp³-hybridized carbons (Fsp3) is 0.167. The van der Waals surface area contributed by atoms with Gasteiger partial charge in [-0.25, -0.2) is 0 Å². The number of furan rings is 1. The first-order valence-electron chi connectivity index (χ1n) is 6.96. The predicted octanol–water partition coefficient (Wildman–Crippen LogP) is 3.98. The third-order valence-electron chi connectivity index (χ3n) is 3.59. The van der Waals surface area contributed by atoms with E-state index in [0.29, 0.717) is 12.1 Å². The number of fused-ring (bicyclic) bond motifs is 1. The summed E-state index contributed by atoms with van der Waals surface area (Å²) in [4.78, 5) is 12.2. The van der Waals surface area contributed by atoms with Crippen molar-refractivity contribution in [3.8, 4) is 0 Å². The van der Waals surface area contributed by atoms with Crippen LogP contribution in [-0.4, -0.2) is 5.91 Å². The van der Waals surface area contributed by atoms with E-state index in [-0.39, 0.29) is 5.91 Å². The van der Waals surface area contributed by atoms with Gasteiger partial charge in [-0.2, -0.15) is 0 Å². The van der Waals surface area contributed by atoms with E-state index in [1.807, 2.05) is 62.4 Å². The number of benzene rings is 2. The van der Waals surface area contributed by atoms with Crippen LogP contribution in [0.1, 0.15) is 27.4 Å². The van der Waals surface area contributed by atoms with Gasteiger partial charge in [0.25, 0.3) is 5.91 Å². The molecule has 3 aromatic rings. The second-order valence-corrected chi connectivity index (χ2v) is 5.18. The van der Waals surface area contributed by atoms with Crippen LogP contribution < -0.4 is 5.32 Å². The van der Waals surface area contributed by atoms with Gasteiger partial charge in [0.05, 0.1) is 0 Å². The lowest BCUT2D eigenvalue weighted by Crippen LogP contribution is -2.22. The molecule has 21 heavy (non-hydrogen) atoms. The van der Waals surface area contributed by atoms with E-state index >= 15 is 0 Å². The molecule has 1 aromatic heterocycles. The average Bonchev–Trinajstić information content (AvgIpc) is 2.82. The van der Waals surface area contributed by atoms with Crippen molar-refractivity contribution in [3.05, 3.63) is 71.2 Å². The van der Waals surface area contributed by atoms with Gasteiger partial charge in [-0.15, -0.1) is 0 Å². The Morgan fingerprint density at radius 3 is 2.52 bits per heavy atom. The molecule has 1 amide bonds. The van der Waals surface area contributed by atoms with E-state index in [4.69, 9.17) is 4.42 Å². The van der Waals surface area contributed by atoms with Gasteiger partial charge in [-0.05, 0) is 42.8 Å². The highest BCUT2D eigenvalue weighted by atomic mass is 16.3. The van der Waals surface area contributed by atoms with Gasteiger partial charge in [0, 0.05) is 17.7 Å². The van der Waals surface area contributed by atoms with Crippen molar-refractivity contribution in [1.82, 2.24) is 5.32 Å². The average molecular weight is 279 g/mol. The number of carbonyl (C=O) groups excluding carboxylic acids is 1. The molecule has 0 spiro atoms. The molecule has 0 radical (unpaired) electrons. The van der Waals surface area contributed by atoms with Crippen LogP contribution in [0.25, 0.3) is 10.8 Å². The summed E-state index contributed by atoms with van der Waals surface area (Å²) in [6.45, 7) is 4.29. The van der Waals surface area contributed by atoms with E-state index in [2.05, 4.69) is 5.32 Å². The molecule has 0 bridgehead atoms. The van der Waals surface area contributed by atoms with Crippen LogP contribution >= 0.6 is 0 Å². The highest BCUT2D eigenvalue weighted by molar-refractivity contribution is 5.98. The first-order chi connectivity index (χ1) is 10.1. The highest BCUT2D eigenvalue weighted by Gasteiger charge is 2.09. The Labute approximate surface area is 123 Å². The zero-order chi connectivity index (χ0) is 14.8. The Morgan fingerprint density at radius 2 is 1.81 bits per heavy atom. The van der Waals surface area contributed by atoms with Crippen molar-refractivity contribution in [2.75, 3.05) is 0 Å². The van der Waals surface area contributed by atoms with Gasteiger partial charge < -0.3 is 9.73 Å². The minimum Gasteiger partial charge on any atom is -0.466 e. The van der Waals surface area contributed by atoms with Crippen molar-refractivity contribution in [3.63, 3.8) is 0 Å². The van der Waals surface area contributed by atoms with Crippen molar-refractivity contribution in [2.24, 2.45) is 0 Å². The lowest BCUT2D eigenvalue weighted by molar-refractivity contribution is 0.0951. The molecule has 3 nitrogen and oxygen atoms in total. The zero-order valence-electron chi connectivity index (χ0n) is 12.1. The van der Waals surface area contributed by atoms with Crippen LogP contribution in [0.3, 0.4) is 0 Å².